The summed E-state index contributed by atoms with van der Waals surface area (Å²) in [6, 6.07) is 61.1. The Morgan fingerprint density at radius 2 is 1.02 bits per heavy atom. The lowest BCUT2D eigenvalue weighted by Crippen LogP contribution is -1.99. The molecule has 51 heavy (non-hydrogen) atoms. The second-order valence-corrected chi connectivity index (χ2v) is 13.3. The number of rotatable bonds is 5. The molecule has 0 saturated carbocycles. The Labute approximate surface area is 296 Å². The number of nitrogens with zero attached hydrogens (tertiary/aromatic N) is 3. The Bertz CT molecular complexity index is 2940. The zero-order valence-corrected chi connectivity index (χ0v) is 28.2. The zero-order valence-electron chi connectivity index (χ0n) is 28.2. The average molecular weight is 652 g/mol. The van der Waals surface area contributed by atoms with E-state index < -0.39 is 0 Å². The van der Waals surface area contributed by atoms with E-state index in [0.29, 0.717) is 0 Å². The minimum atomic E-state index is 0.826. The van der Waals surface area contributed by atoms with Crippen LogP contribution in [-0.2, 0) is 6.42 Å². The SMILES string of the molecule is CCc1nc2c3c(-c4ccc(-c5ccc6cc(-c7ccc8ccccc8c7)ccc6c5)cc4)nc4ccccc4c3ccc2n1-c1ccccc1. The van der Waals surface area contributed by atoms with Crippen LogP contribution in [0, 0.1) is 0 Å². The van der Waals surface area contributed by atoms with E-state index in [9.17, 15) is 0 Å². The highest BCUT2D eigenvalue weighted by Gasteiger charge is 2.19. The van der Waals surface area contributed by atoms with Crippen molar-refractivity contribution >= 4 is 54.3 Å². The van der Waals surface area contributed by atoms with Crippen molar-refractivity contribution in [3.8, 4) is 39.2 Å². The molecule has 0 radical (unpaired) electrons. The first-order valence-corrected chi connectivity index (χ1v) is 17.6. The van der Waals surface area contributed by atoms with Crippen LogP contribution in [0.25, 0.3) is 93.5 Å². The van der Waals surface area contributed by atoms with Gasteiger partial charge in [-0.15, -0.1) is 0 Å². The molecular formula is C48H33N3. The summed E-state index contributed by atoms with van der Waals surface area (Å²) in [6.07, 6.45) is 0.826. The maximum Gasteiger partial charge on any atom is 0.114 e. The van der Waals surface area contributed by atoms with E-state index in [4.69, 9.17) is 9.97 Å². The second kappa shape index (κ2) is 11.8. The van der Waals surface area contributed by atoms with Gasteiger partial charge in [-0.1, -0.05) is 134 Å². The first-order valence-electron chi connectivity index (χ1n) is 17.6. The Kier molecular flexibility index (Phi) is 6.78. The third-order valence-electron chi connectivity index (χ3n) is 10.3. The van der Waals surface area contributed by atoms with Crippen molar-refractivity contribution in [2.24, 2.45) is 0 Å². The van der Waals surface area contributed by atoms with E-state index in [1.54, 1.807) is 0 Å². The number of pyridine rings is 1. The first-order chi connectivity index (χ1) is 25.2. The third kappa shape index (κ3) is 4.89. The summed E-state index contributed by atoms with van der Waals surface area (Å²) in [7, 11) is 0. The van der Waals surface area contributed by atoms with Crippen molar-refractivity contribution in [2.75, 3.05) is 0 Å². The Morgan fingerprint density at radius 1 is 0.451 bits per heavy atom. The molecule has 0 amide bonds. The predicted octanol–water partition coefficient (Wildman–Crippen LogP) is 12.6. The first kappa shape index (κ1) is 29.3. The van der Waals surface area contributed by atoms with E-state index in [1.807, 2.05) is 0 Å². The number of para-hydroxylation sites is 2. The lowest BCUT2D eigenvalue weighted by molar-refractivity contribution is 0.908. The van der Waals surface area contributed by atoms with Crippen molar-refractivity contribution < 1.29 is 0 Å². The van der Waals surface area contributed by atoms with Crippen molar-refractivity contribution in [2.45, 2.75) is 13.3 Å². The molecule has 0 bridgehead atoms. The molecule has 0 aliphatic heterocycles. The van der Waals surface area contributed by atoms with Crippen LogP contribution in [0.4, 0.5) is 0 Å². The number of aromatic nitrogens is 3. The van der Waals surface area contributed by atoms with Crippen molar-refractivity contribution in [3.63, 3.8) is 0 Å². The van der Waals surface area contributed by atoms with Crippen molar-refractivity contribution in [1.82, 2.24) is 14.5 Å². The fourth-order valence-corrected chi connectivity index (χ4v) is 7.74. The smallest absolute Gasteiger partial charge is 0.114 e. The number of imidazole rings is 1. The van der Waals surface area contributed by atoms with Crippen LogP contribution in [0.1, 0.15) is 12.7 Å². The summed E-state index contributed by atoms with van der Waals surface area (Å²) in [4.78, 5) is 10.6. The molecule has 3 nitrogen and oxygen atoms in total. The molecule has 2 heterocycles. The monoisotopic (exact) mass is 651 g/mol. The van der Waals surface area contributed by atoms with Crippen LogP contribution < -0.4 is 0 Å². The standard InChI is InChI=1S/C48H33N3/c1-2-45-50-48-44(51(45)40-12-4-3-5-13-40)27-26-42-41-14-8-9-15-43(41)49-47(46(42)48)33-19-16-32(17-20-33)35-22-23-38-30-39(25-24-37(38)29-35)36-21-18-31-10-6-7-11-34(31)28-36/h3-30H,2H2,1H3. The summed E-state index contributed by atoms with van der Waals surface area (Å²) in [5, 5.41) is 8.39. The van der Waals surface area contributed by atoms with Crippen LogP contribution in [0.15, 0.2) is 170 Å². The molecule has 2 aromatic heterocycles. The molecule has 3 heteroatoms. The third-order valence-corrected chi connectivity index (χ3v) is 10.3. The largest absolute Gasteiger partial charge is 0.296 e. The van der Waals surface area contributed by atoms with E-state index in [0.717, 1.165) is 56.5 Å². The molecule has 10 rings (SSSR count). The maximum atomic E-state index is 5.31. The molecule has 0 N–H and O–H groups in total. The maximum absolute atomic E-state index is 5.31. The molecule has 0 aliphatic carbocycles. The van der Waals surface area contributed by atoms with Gasteiger partial charge in [0.2, 0.25) is 0 Å². The lowest BCUT2D eigenvalue weighted by Gasteiger charge is -2.13. The minimum Gasteiger partial charge on any atom is -0.296 e. The summed E-state index contributed by atoms with van der Waals surface area (Å²) in [6.45, 7) is 2.17. The van der Waals surface area contributed by atoms with Gasteiger partial charge in [0.1, 0.15) is 5.82 Å². The summed E-state index contributed by atoms with van der Waals surface area (Å²) < 4.78 is 2.29. The van der Waals surface area contributed by atoms with Gasteiger partial charge in [-0.05, 0) is 91.6 Å². The highest BCUT2D eigenvalue weighted by molar-refractivity contribution is 6.20. The van der Waals surface area contributed by atoms with Gasteiger partial charge in [-0.25, -0.2) is 9.97 Å². The average Bonchev–Trinajstić information content (AvgIpc) is 3.59. The number of aryl methyl sites for hydroxylation is 1. The number of hydrogen-bond acceptors (Lipinski definition) is 2. The lowest BCUT2D eigenvalue weighted by atomic mass is 9.95. The van der Waals surface area contributed by atoms with E-state index in [-0.39, 0.29) is 0 Å². The molecule has 0 unspecified atom stereocenters. The van der Waals surface area contributed by atoms with Gasteiger partial charge in [-0.2, -0.15) is 0 Å². The fraction of sp³-hybridized carbons (Fsp3) is 0.0417. The van der Waals surface area contributed by atoms with Gasteiger partial charge in [0.05, 0.1) is 22.2 Å². The summed E-state index contributed by atoms with van der Waals surface area (Å²) in [5.74, 6) is 1.04. The topological polar surface area (TPSA) is 30.7 Å². The van der Waals surface area contributed by atoms with Crippen LogP contribution >= 0.6 is 0 Å². The van der Waals surface area contributed by atoms with E-state index in [1.165, 1.54) is 49.2 Å². The van der Waals surface area contributed by atoms with Gasteiger partial charge >= 0.3 is 0 Å². The van der Waals surface area contributed by atoms with Crippen LogP contribution in [0.2, 0.25) is 0 Å². The summed E-state index contributed by atoms with van der Waals surface area (Å²) in [5.41, 5.74) is 11.1. The minimum absolute atomic E-state index is 0.826. The second-order valence-electron chi connectivity index (χ2n) is 13.3. The van der Waals surface area contributed by atoms with Gasteiger partial charge in [0.25, 0.3) is 0 Å². The highest BCUT2D eigenvalue weighted by Crippen LogP contribution is 2.39. The highest BCUT2D eigenvalue weighted by atomic mass is 15.1. The molecule has 8 aromatic carbocycles. The van der Waals surface area contributed by atoms with E-state index >= 15 is 0 Å². The molecule has 240 valence electrons. The van der Waals surface area contributed by atoms with Crippen LogP contribution in [0.5, 0.6) is 0 Å². The van der Waals surface area contributed by atoms with Crippen LogP contribution in [-0.4, -0.2) is 14.5 Å². The zero-order chi connectivity index (χ0) is 33.9. The van der Waals surface area contributed by atoms with Gasteiger partial charge < -0.3 is 0 Å². The quantitative estimate of drug-likeness (QED) is 0.173. The molecule has 0 fully saturated rings. The van der Waals surface area contributed by atoms with Crippen LogP contribution in [0.3, 0.4) is 0 Å². The Morgan fingerprint density at radius 3 is 1.75 bits per heavy atom. The molecule has 0 saturated heterocycles. The van der Waals surface area contributed by atoms with Gasteiger partial charge in [0.15, 0.2) is 0 Å². The van der Waals surface area contributed by atoms with Crippen molar-refractivity contribution in [3.05, 3.63) is 176 Å². The molecule has 0 spiro atoms. The van der Waals surface area contributed by atoms with E-state index in [2.05, 4.69) is 181 Å². The fourth-order valence-electron chi connectivity index (χ4n) is 7.74. The van der Waals surface area contributed by atoms with Crippen molar-refractivity contribution in [1.29, 1.82) is 0 Å². The number of benzene rings is 8. The number of fused-ring (bicyclic) bond motifs is 7. The number of hydrogen-bond donors (Lipinski definition) is 0. The molecule has 0 atom stereocenters. The molecular weight excluding hydrogens is 619 g/mol. The van der Waals surface area contributed by atoms with Gasteiger partial charge in [-0.3, -0.25) is 4.57 Å². The molecule has 10 aromatic rings. The predicted molar refractivity (Wildman–Crippen MR) is 215 cm³/mol. The summed E-state index contributed by atoms with van der Waals surface area (Å²) >= 11 is 0. The van der Waals surface area contributed by atoms with Gasteiger partial charge in [0, 0.05) is 28.4 Å². The normalized spacial score (nSPS) is 11.7. The molecule has 0 aliphatic rings. The Hall–Kier alpha value is -6.58. The Balaban J connectivity index is 1.07.